The molecular formula is C18H23N3O2. The molecule has 1 fully saturated rings. The van der Waals surface area contributed by atoms with Crippen molar-refractivity contribution in [2.45, 2.75) is 5.92 Å². The molecule has 1 aromatic carbocycles. The standard InChI is InChI=1S/C18H23N3O2/c1-2-3-4-5-6-17(18(22)20-23)15-7-9-16(10-8-15)21-13-11-19-12-14-21/h2-10,17,19,23H,1,11-14H2,(H,20,22)/b4-3-,6-5+. The van der Waals surface area contributed by atoms with Crippen LogP contribution in [-0.4, -0.2) is 37.3 Å². The first kappa shape index (κ1) is 17.0. The second kappa shape index (κ2) is 8.92. The van der Waals surface area contributed by atoms with Gasteiger partial charge in [-0.15, -0.1) is 0 Å². The molecule has 1 heterocycles. The Balaban J connectivity index is 2.14. The molecule has 1 aliphatic heterocycles. The van der Waals surface area contributed by atoms with Gasteiger partial charge < -0.3 is 10.2 Å². The molecule has 1 amide bonds. The normalized spacial score (nSPS) is 16.7. The van der Waals surface area contributed by atoms with Crippen LogP contribution in [0.25, 0.3) is 0 Å². The highest BCUT2D eigenvalue weighted by atomic mass is 16.5. The highest BCUT2D eigenvalue weighted by Gasteiger charge is 2.17. The van der Waals surface area contributed by atoms with Crippen LogP contribution in [0.2, 0.25) is 0 Å². The molecule has 5 nitrogen and oxygen atoms in total. The third-order valence-electron chi connectivity index (χ3n) is 3.79. The van der Waals surface area contributed by atoms with Crippen LogP contribution in [0.5, 0.6) is 0 Å². The number of nitrogens with zero attached hydrogens (tertiary/aromatic N) is 1. The van der Waals surface area contributed by atoms with Crippen molar-refractivity contribution in [3.8, 4) is 0 Å². The van der Waals surface area contributed by atoms with Gasteiger partial charge in [0, 0.05) is 31.9 Å². The van der Waals surface area contributed by atoms with Crippen LogP contribution in [-0.2, 0) is 4.79 Å². The average Bonchev–Trinajstić information content (AvgIpc) is 2.62. The Labute approximate surface area is 137 Å². The molecule has 0 radical (unpaired) electrons. The molecule has 0 aliphatic carbocycles. The lowest BCUT2D eigenvalue weighted by Gasteiger charge is -2.29. The molecule has 0 bridgehead atoms. The van der Waals surface area contributed by atoms with Gasteiger partial charge in [0.15, 0.2) is 0 Å². The predicted octanol–water partition coefficient (Wildman–Crippen LogP) is 1.98. The Morgan fingerprint density at radius 1 is 1.22 bits per heavy atom. The lowest BCUT2D eigenvalue weighted by atomic mass is 9.97. The SMILES string of the molecule is C=C/C=C\C=C\C(C(=O)NO)c1ccc(N2CCNCC2)cc1. The summed E-state index contributed by atoms with van der Waals surface area (Å²) in [6.45, 7) is 7.51. The zero-order valence-corrected chi connectivity index (χ0v) is 13.1. The van der Waals surface area contributed by atoms with Crippen molar-refractivity contribution in [3.05, 3.63) is 66.8 Å². The van der Waals surface area contributed by atoms with E-state index in [1.54, 1.807) is 35.9 Å². The van der Waals surface area contributed by atoms with Crippen LogP contribution < -0.4 is 15.7 Å². The average molecular weight is 313 g/mol. The van der Waals surface area contributed by atoms with Crippen molar-refractivity contribution in [2.24, 2.45) is 0 Å². The van der Waals surface area contributed by atoms with Gasteiger partial charge in [0.05, 0.1) is 5.92 Å². The number of rotatable bonds is 6. The summed E-state index contributed by atoms with van der Waals surface area (Å²) in [4.78, 5) is 14.2. The molecule has 2 rings (SSSR count). The van der Waals surface area contributed by atoms with Gasteiger partial charge in [-0.05, 0) is 17.7 Å². The van der Waals surface area contributed by atoms with Gasteiger partial charge in [-0.1, -0.05) is 49.1 Å². The molecule has 0 aromatic heterocycles. The van der Waals surface area contributed by atoms with Crippen molar-refractivity contribution in [2.75, 3.05) is 31.1 Å². The van der Waals surface area contributed by atoms with Gasteiger partial charge in [0.2, 0.25) is 0 Å². The number of hydrogen-bond donors (Lipinski definition) is 3. The second-order valence-corrected chi connectivity index (χ2v) is 5.29. The number of carbonyl (C=O) groups excluding carboxylic acids is 1. The fourth-order valence-electron chi connectivity index (χ4n) is 2.55. The summed E-state index contributed by atoms with van der Waals surface area (Å²) in [5.41, 5.74) is 3.71. The van der Waals surface area contributed by atoms with Crippen LogP contribution in [0.1, 0.15) is 11.5 Å². The zero-order valence-electron chi connectivity index (χ0n) is 13.1. The Hall–Kier alpha value is -2.37. The molecular weight excluding hydrogens is 290 g/mol. The van der Waals surface area contributed by atoms with Crippen LogP contribution >= 0.6 is 0 Å². The first-order valence-corrected chi connectivity index (χ1v) is 7.71. The van der Waals surface area contributed by atoms with E-state index in [0.29, 0.717) is 0 Å². The molecule has 0 saturated carbocycles. The third-order valence-corrected chi connectivity index (χ3v) is 3.79. The monoisotopic (exact) mass is 313 g/mol. The summed E-state index contributed by atoms with van der Waals surface area (Å²) in [6.07, 6.45) is 8.74. The van der Waals surface area contributed by atoms with Gasteiger partial charge >= 0.3 is 0 Å². The highest BCUT2D eigenvalue weighted by Crippen LogP contribution is 2.22. The van der Waals surface area contributed by atoms with E-state index in [-0.39, 0.29) is 0 Å². The number of carbonyl (C=O) groups is 1. The summed E-state index contributed by atoms with van der Waals surface area (Å²) in [7, 11) is 0. The molecule has 23 heavy (non-hydrogen) atoms. The first-order valence-electron chi connectivity index (χ1n) is 7.71. The second-order valence-electron chi connectivity index (χ2n) is 5.29. The van der Waals surface area contributed by atoms with Crippen LogP contribution in [0, 0.1) is 0 Å². The largest absolute Gasteiger partial charge is 0.369 e. The zero-order chi connectivity index (χ0) is 16.5. The molecule has 3 N–H and O–H groups in total. The first-order chi connectivity index (χ1) is 11.3. The van der Waals surface area contributed by atoms with Crippen molar-refractivity contribution >= 4 is 11.6 Å². The van der Waals surface area contributed by atoms with Gasteiger partial charge in [-0.3, -0.25) is 10.0 Å². The minimum absolute atomic E-state index is 0.455. The minimum atomic E-state index is -0.536. The maximum atomic E-state index is 11.9. The van der Waals surface area contributed by atoms with E-state index >= 15 is 0 Å². The van der Waals surface area contributed by atoms with E-state index in [4.69, 9.17) is 5.21 Å². The minimum Gasteiger partial charge on any atom is -0.369 e. The Morgan fingerprint density at radius 2 is 1.91 bits per heavy atom. The number of piperazine rings is 1. The maximum Gasteiger partial charge on any atom is 0.254 e. The molecule has 5 heteroatoms. The van der Waals surface area contributed by atoms with Gasteiger partial charge in [0.1, 0.15) is 0 Å². The molecule has 1 saturated heterocycles. The number of amides is 1. The summed E-state index contributed by atoms with van der Waals surface area (Å²) >= 11 is 0. The van der Waals surface area contributed by atoms with E-state index in [0.717, 1.165) is 37.4 Å². The van der Waals surface area contributed by atoms with Crippen LogP contribution in [0.3, 0.4) is 0 Å². The van der Waals surface area contributed by atoms with Crippen LogP contribution in [0.15, 0.2) is 61.2 Å². The van der Waals surface area contributed by atoms with Crippen LogP contribution in [0.4, 0.5) is 5.69 Å². The quantitative estimate of drug-likeness (QED) is 0.427. The molecule has 1 aliphatic rings. The van der Waals surface area contributed by atoms with Gasteiger partial charge in [-0.2, -0.15) is 0 Å². The van der Waals surface area contributed by atoms with Crippen molar-refractivity contribution in [1.29, 1.82) is 0 Å². The maximum absolute atomic E-state index is 11.9. The third kappa shape index (κ3) is 4.81. The van der Waals surface area contributed by atoms with E-state index in [1.165, 1.54) is 0 Å². The lowest BCUT2D eigenvalue weighted by Crippen LogP contribution is -2.43. The van der Waals surface area contributed by atoms with Crippen molar-refractivity contribution < 1.29 is 10.0 Å². The van der Waals surface area contributed by atoms with E-state index < -0.39 is 11.8 Å². The molecule has 1 aromatic rings. The van der Waals surface area contributed by atoms with E-state index in [1.807, 2.05) is 24.3 Å². The fourth-order valence-corrected chi connectivity index (χ4v) is 2.55. The Bertz CT molecular complexity index is 572. The van der Waals surface area contributed by atoms with Crippen molar-refractivity contribution in [1.82, 2.24) is 10.8 Å². The summed E-state index contributed by atoms with van der Waals surface area (Å²) in [6, 6.07) is 7.90. The fraction of sp³-hybridized carbons (Fsp3) is 0.278. The number of benzene rings is 1. The number of anilines is 1. The molecule has 122 valence electrons. The molecule has 1 atom stereocenters. The van der Waals surface area contributed by atoms with Gasteiger partial charge in [0.25, 0.3) is 5.91 Å². The van der Waals surface area contributed by atoms with Gasteiger partial charge in [-0.25, -0.2) is 5.48 Å². The molecule has 0 spiro atoms. The summed E-state index contributed by atoms with van der Waals surface area (Å²) < 4.78 is 0. The smallest absolute Gasteiger partial charge is 0.254 e. The van der Waals surface area contributed by atoms with E-state index in [9.17, 15) is 4.79 Å². The number of allylic oxidation sites excluding steroid dienone is 4. The number of hydroxylamine groups is 1. The Morgan fingerprint density at radius 3 is 2.52 bits per heavy atom. The number of hydrogen-bond acceptors (Lipinski definition) is 4. The summed E-state index contributed by atoms with van der Waals surface area (Å²) in [5, 5.41) is 12.3. The predicted molar refractivity (Wildman–Crippen MR) is 92.7 cm³/mol. The summed E-state index contributed by atoms with van der Waals surface area (Å²) in [5.74, 6) is -0.991. The molecule has 1 unspecified atom stereocenters. The lowest BCUT2D eigenvalue weighted by molar-refractivity contribution is -0.129. The number of nitrogens with one attached hydrogen (secondary N) is 2. The Kier molecular flexibility index (Phi) is 6.59. The van der Waals surface area contributed by atoms with E-state index in [2.05, 4.69) is 16.8 Å². The van der Waals surface area contributed by atoms with Crippen molar-refractivity contribution in [3.63, 3.8) is 0 Å². The highest BCUT2D eigenvalue weighted by molar-refractivity contribution is 5.84. The topological polar surface area (TPSA) is 64.6 Å².